The molecule has 0 bridgehead atoms. The van der Waals surface area contributed by atoms with Crippen molar-refractivity contribution in [3.05, 3.63) is 36.0 Å². The van der Waals surface area contributed by atoms with Gasteiger partial charge in [0.05, 0.1) is 0 Å². The fourth-order valence-electron chi connectivity index (χ4n) is 0.542. The summed E-state index contributed by atoms with van der Waals surface area (Å²) in [7, 11) is 0. The fourth-order valence-corrected chi connectivity index (χ4v) is 0.542. The zero-order valence-corrected chi connectivity index (χ0v) is 13.1. The molecule has 0 aliphatic carbocycles. The van der Waals surface area contributed by atoms with Crippen LogP contribution in [0.2, 0.25) is 0 Å². The zero-order valence-electron chi connectivity index (χ0n) is 12.2. The predicted molar refractivity (Wildman–Crippen MR) is 83.5 cm³/mol. The molecule has 0 aromatic carbocycles. The minimum absolute atomic E-state index is 0.528. The average molecular weight is 242 g/mol. The number of hydrogen-bond donors (Lipinski definition) is 1. The van der Waals surface area contributed by atoms with Gasteiger partial charge in [0.25, 0.3) is 0 Å². The first kappa shape index (κ1) is 20.9. The van der Waals surface area contributed by atoms with Crippen LogP contribution in [0.25, 0.3) is 0 Å². The highest BCUT2D eigenvalue weighted by Crippen LogP contribution is 2.04. The van der Waals surface area contributed by atoms with Crippen molar-refractivity contribution >= 4 is 12.6 Å². The summed E-state index contributed by atoms with van der Waals surface area (Å²) in [6.07, 6.45) is 7.23. The summed E-state index contributed by atoms with van der Waals surface area (Å²) in [6.45, 7) is 18.1. The summed E-state index contributed by atoms with van der Waals surface area (Å²) < 4.78 is 0. The molecule has 0 N–H and O–H groups in total. The summed E-state index contributed by atoms with van der Waals surface area (Å²) in [5.41, 5.74) is 2.53. The first-order valence-electron chi connectivity index (χ1n) is 5.97. The largest absolute Gasteiger partial charge is 0.177 e. The molecule has 0 nitrogen and oxygen atoms in total. The van der Waals surface area contributed by atoms with Crippen molar-refractivity contribution < 1.29 is 0 Å². The van der Waals surface area contributed by atoms with E-state index in [4.69, 9.17) is 0 Å². The molecule has 0 aromatic rings. The molecule has 1 heteroatoms. The van der Waals surface area contributed by atoms with Gasteiger partial charge in [-0.05, 0) is 37.2 Å². The van der Waals surface area contributed by atoms with Gasteiger partial charge < -0.3 is 0 Å². The van der Waals surface area contributed by atoms with Crippen LogP contribution < -0.4 is 0 Å². The highest BCUT2D eigenvalue weighted by Gasteiger charge is 1.83. The number of hydrogen-bond acceptors (Lipinski definition) is 1. The van der Waals surface area contributed by atoms with Gasteiger partial charge in [0.15, 0.2) is 0 Å². The van der Waals surface area contributed by atoms with Crippen LogP contribution in [0.3, 0.4) is 0 Å². The van der Waals surface area contributed by atoms with Crippen molar-refractivity contribution in [1.82, 2.24) is 0 Å². The van der Waals surface area contributed by atoms with Crippen LogP contribution in [-0.2, 0) is 0 Å². The first-order valence-corrected chi connectivity index (χ1v) is 6.49. The first-order chi connectivity index (χ1) is 7.37. The molecule has 0 aliphatic heterocycles. The predicted octanol–water partition coefficient (Wildman–Crippen LogP) is 5.83. The Labute approximate surface area is 109 Å². The van der Waals surface area contributed by atoms with E-state index >= 15 is 0 Å². The summed E-state index contributed by atoms with van der Waals surface area (Å²) in [5.74, 6) is 0. The number of rotatable bonds is 2. The maximum atomic E-state index is 3.97. The van der Waals surface area contributed by atoms with Crippen LogP contribution in [0.4, 0.5) is 0 Å². The van der Waals surface area contributed by atoms with Crippen molar-refractivity contribution in [2.45, 2.75) is 60.1 Å². The van der Waals surface area contributed by atoms with Gasteiger partial charge in [0.1, 0.15) is 0 Å². The third-order valence-corrected chi connectivity index (χ3v) is 1.34. The van der Waals surface area contributed by atoms with Crippen molar-refractivity contribution in [1.29, 1.82) is 0 Å². The molecular formula is C15H30S. The molecule has 0 amide bonds. The minimum atomic E-state index is 0.528. The van der Waals surface area contributed by atoms with E-state index in [1.807, 2.05) is 32.9 Å². The summed E-state index contributed by atoms with van der Waals surface area (Å²) in [5, 5.41) is 0.528. The molecule has 0 radical (unpaired) electrons. The molecule has 0 unspecified atom stereocenters. The molecule has 0 saturated heterocycles. The Morgan fingerprint density at radius 2 is 1.50 bits per heavy atom. The fraction of sp³-hybridized carbons (Fsp3) is 0.600. The van der Waals surface area contributed by atoms with E-state index in [2.05, 4.69) is 53.0 Å². The van der Waals surface area contributed by atoms with Crippen molar-refractivity contribution in [3.8, 4) is 0 Å². The van der Waals surface area contributed by atoms with Gasteiger partial charge in [0, 0.05) is 0 Å². The van der Waals surface area contributed by atoms with E-state index in [-0.39, 0.29) is 0 Å². The molecule has 0 heterocycles. The van der Waals surface area contributed by atoms with E-state index in [9.17, 15) is 0 Å². The standard InChI is InChI=1S/C9H14.C3H8S.C3H8/c1-5-7-9(4)8(3)6-2;1-3(2)4;1-3-2/h5-7H,2H2,1,3-4H3;3-4H,1-2H3;3H2,1-2H3/b7-5-,9-8-;;. The molecule has 0 fully saturated rings. The number of allylic oxidation sites excluding steroid dienone is 5. The monoisotopic (exact) mass is 242 g/mol. The topological polar surface area (TPSA) is 0 Å². The Morgan fingerprint density at radius 3 is 1.69 bits per heavy atom. The highest BCUT2D eigenvalue weighted by molar-refractivity contribution is 7.80. The van der Waals surface area contributed by atoms with Crippen molar-refractivity contribution in [2.24, 2.45) is 0 Å². The van der Waals surface area contributed by atoms with Crippen LogP contribution in [0.1, 0.15) is 54.9 Å². The molecule has 0 rings (SSSR count). The zero-order chi connectivity index (χ0) is 13.6. The van der Waals surface area contributed by atoms with Crippen molar-refractivity contribution in [3.63, 3.8) is 0 Å². The second-order valence-corrected chi connectivity index (χ2v) is 4.90. The Bertz CT molecular complexity index is 195. The highest BCUT2D eigenvalue weighted by atomic mass is 32.1. The number of thiol groups is 1. The van der Waals surface area contributed by atoms with Crippen LogP contribution in [0, 0.1) is 0 Å². The lowest BCUT2D eigenvalue weighted by atomic mass is 10.1. The molecular weight excluding hydrogens is 212 g/mol. The minimum Gasteiger partial charge on any atom is -0.177 e. The van der Waals surface area contributed by atoms with E-state index in [1.165, 1.54) is 17.6 Å². The Kier molecular flexibility index (Phi) is 22.2. The van der Waals surface area contributed by atoms with E-state index in [0.717, 1.165) is 0 Å². The molecule has 0 spiro atoms. The quantitative estimate of drug-likeness (QED) is 0.457. The summed E-state index contributed by atoms with van der Waals surface area (Å²) in [4.78, 5) is 0. The lowest BCUT2D eigenvalue weighted by Gasteiger charge is -1.93. The lowest BCUT2D eigenvalue weighted by molar-refractivity contribution is 1.09. The molecule has 96 valence electrons. The summed E-state index contributed by atoms with van der Waals surface area (Å²) in [6, 6.07) is 0. The maximum absolute atomic E-state index is 3.97. The smallest absolute Gasteiger partial charge is 0.00399 e. The van der Waals surface area contributed by atoms with Gasteiger partial charge in [-0.3, -0.25) is 0 Å². The van der Waals surface area contributed by atoms with Gasteiger partial charge in [-0.2, -0.15) is 12.6 Å². The van der Waals surface area contributed by atoms with Crippen molar-refractivity contribution in [2.75, 3.05) is 0 Å². The van der Waals surface area contributed by atoms with Crippen LogP contribution in [-0.4, -0.2) is 5.25 Å². The normalized spacial score (nSPS) is 11.1. The molecule has 0 saturated carbocycles. The van der Waals surface area contributed by atoms with Gasteiger partial charge >= 0.3 is 0 Å². The van der Waals surface area contributed by atoms with Crippen LogP contribution in [0.15, 0.2) is 36.0 Å². The van der Waals surface area contributed by atoms with Gasteiger partial charge in [-0.25, -0.2) is 0 Å². The molecule has 0 aliphatic rings. The van der Waals surface area contributed by atoms with Crippen LogP contribution in [0.5, 0.6) is 0 Å². The van der Waals surface area contributed by atoms with Gasteiger partial charge in [-0.1, -0.05) is 58.9 Å². The Balaban J connectivity index is -0.000000201. The van der Waals surface area contributed by atoms with Crippen LogP contribution >= 0.6 is 12.6 Å². The van der Waals surface area contributed by atoms with Gasteiger partial charge in [0.2, 0.25) is 0 Å². The second-order valence-electron chi connectivity index (χ2n) is 3.87. The van der Waals surface area contributed by atoms with E-state index in [1.54, 1.807) is 0 Å². The van der Waals surface area contributed by atoms with Gasteiger partial charge in [-0.15, -0.1) is 0 Å². The average Bonchev–Trinajstić information content (AvgIpc) is 2.17. The molecule has 0 atom stereocenters. The third kappa shape index (κ3) is 29.2. The molecule has 0 aromatic heterocycles. The second kappa shape index (κ2) is 17.0. The molecule has 16 heavy (non-hydrogen) atoms. The Hall–Kier alpha value is -0.430. The maximum Gasteiger partial charge on any atom is -0.00399 e. The third-order valence-electron chi connectivity index (χ3n) is 1.34. The van der Waals surface area contributed by atoms with E-state index in [0.29, 0.717) is 5.25 Å². The van der Waals surface area contributed by atoms with E-state index < -0.39 is 0 Å². The Morgan fingerprint density at radius 1 is 1.19 bits per heavy atom. The SMILES string of the molecule is C=C/C(C)=C(C)\C=C/C.CC(C)S.CCC. The lowest BCUT2D eigenvalue weighted by Crippen LogP contribution is -1.73. The summed E-state index contributed by atoms with van der Waals surface area (Å²) >= 11 is 3.97.